The average Bonchev–Trinajstić information content (AvgIpc) is 2.67. The van der Waals surface area contributed by atoms with Gasteiger partial charge in [0.2, 0.25) is 0 Å². The minimum absolute atomic E-state index is 0.0225. The van der Waals surface area contributed by atoms with E-state index >= 15 is 0 Å². The van der Waals surface area contributed by atoms with E-state index in [9.17, 15) is 4.79 Å². The summed E-state index contributed by atoms with van der Waals surface area (Å²) in [4.78, 5) is 19.1. The van der Waals surface area contributed by atoms with Crippen molar-refractivity contribution in [3.63, 3.8) is 0 Å². The van der Waals surface area contributed by atoms with Gasteiger partial charge in [-0.05, 0) is 34.1 Å². The van der Waals surface area contributed by atoms with Crippen molar-refractivity contribution in [3.8, 4) is 0 Å². The molecule has 20 heavy (non-hydrogen) atoms. The van der Waals surface area contributed by atoms with Crippen LogP contribution in [0.15, 0.2) is 11.6 Å². The number of hydrogen-bond donors (Lipinski definition) is 2. The number of nitrogens with one attached hydrogen (secondary N) is 1. The van der Waals surface area contributed by atoms with Gasteiger partial charge < -0.3 is 16.0 Å². The Labute approximate surface area is 123 Å². The van der Waals surface area contributed by atoms with E-state index in [0.29, 0.717) is 22.4 Å². The highest BCUT2D eigenvalue weighted by atomic mass is 32.1. The van der Waals surface area contributed by atoms with Crippen molar-refractivity contribution in [3.05, 3.63) is 16.5 Å². The minimum atomic E-state index is -0.102. The molecule has 0 bridgehead atoms. The summed E-state index contributed by atoms with van der Waals surface area (Å²) in [5, 5.41) is 3.95. The van der Waals surface area contributed by atoms with Gasteiger partial charge in [0, 0.05) is 18.6 Å². The molecule has 2 heterocycles. The SMILES string of the molecule is CC1=CCN(C(=O)c2sc(NC(C)(C)C)nc2N)CC1. The van der Waals surface area contributed by atoms with Crippen LogP contribution in [0, 0.1) is 0 Å². The van der Waals surface area contributed by atoms with Crippen LogP contribution in [0.25, 0.3) is 0 Å². The number of rotatable bonds is 2. The first-order valence-electron chi connectivity index (χ1n) is 6.75. The van der Waals surface area contributed by atoms with Crippen molar-refractivity contribution in [2.75, 3.05) is 24.1 Å². The summed E-state index contributed by atoms with van der Waals surface area (Å²) in [7, 11) is 0. The van der Waals surface area contributed by atoms with Crippen LogP contribution in [0.1, 0.15) is 43.8 Å². The fourth-order valence-electron chi connectivity index (χ4n) is 1.96. The maximum absolute atomic E-state index is 12.5. The third kappa shape index (κ3) is 3.50. The number of thiazole rings is 1. The highest BCUT2D eigenvalue weighted by Crippen LogP contribution is 2.29. The summed E-state index contributed by atoms with van der Waals surface area (Å²) in [5.74, 6) is 0.295. The Hall–Kier alpha value is -1.56. The van der Waals surface area contributed by atoms with Crippen molar-refractivity contribution in [2.45, 2.75) is 39.7 Å². The van der Waals surface area contributed by atoms with E-state index in [-0.39, 0.29) is 11.4 Å². The summed E-state index contributed by atoms with van der Waals surface area (Å²) in [6, 6.07) is 0. The molecule has 1 aromatic heterocycles. The summed E-state index contributed by atoms with van der Waals surface area (Å²) < 4.78 is 0. The molecule has 110 valence electrons. The molecule has 0 fully saturated rings. The Morgan fingerprint density at radius 1 is 1.50 bits per heavy atom. The van der Waals surface area contributed by atoms with E-state index in [1.165, 1.54) is 16.9 Å². The number of anilines is 2. The minimum Gasteiger partial charge on any atom is -0.382 e. The van der Waals surface area contributed by atoms with E-state index in [4.69, 9.17) is 5.73 Å². The molecule has 0 aromatic carbocycles. The number of carbonyl (C=O) groups excluding carboxylic acids is 1. The molecule has 3 N–H and O–H groups in total. The Morgan fingerprint density at radius 3 is 2.75 bits per heavy atom. The monoisotopic (exact) mass is 294 g/mol. The molecule has 2 rings (SSSR count). The molecule has 1 aromatic rings. The van der Waals surface area contributed by atoms with E-state index in [2.05, 4.69) is 23.3 Å². The molecule has 1 aliphatic rings. The van der Waals surface area contributed by atoms with Gasteiger partial charge >= 0.3 is 0 Å². The molecule has 0 aliphatic carbocycles. The largest absolute Gasteiger partial charge is 0.382 e. The number of nitrogens with zero attached hydrogens (tertiary/aromatic N) is 2. The van der Waals surface area contributed by atoms with Gasteiger partial charge in [-0.2, -0.15) is 0 Å². The molecule has 1 aliphatic heterocycles. The molecular weight excluding hydrogens is 272 g/mol. The normalized spacial score (nSPS) is 16.0. The van der Waals surface area contributed by atoms with Crippen LogP contribution in [0.2, 0.25) is 0 Å². The van der Waals surface area contributed by atoms with E-state index in [1.54, 1.807) is 0 Å². The smallest absolute Gasteiger partial charge is 0.268 e. The molecule has 0 unspecified atom stereocenters. The first-order valence-corrected chi connectivity index (χ1v) is 7.57. The summed E-state index contributed by atoms with van der Waals surface area (Å²) in [6.07, 6.45) is 3.02. The number of aromatic nitrogens is 1. The molecule has 6 heteroatoms. The van der Waals surface area contributed by atoms with Crippen LogP contribution in [-0.4, -0.2) is 34.4 Å². The third-order valence-corrected chi connectivity index (χ3v) is 4.03. The molecule has 0 radical (unpaired) electrons. The fourth-order valence-corrected chi connectivity index (χ4v) is 3.02. The molecular formula is C14H22N4OS. The number of amides is 1. The lowest BCUT2D eigenvalue weighted by atomic mass is 10.1. The molecule has 0 spiro atoms. The van der Waals surface area contributed by atoms with Gasteiger partial charge in [0.1, 0.15) is 10.7 Å². The van der Waals surface area contributed by atoms with Gasteiger partial charge in [0.25, 0.3) is 5.91 Å². The zero-order valence-corrected chi connectivity index (χ0v) is 13.3. The van der Waals surface area contributed by atoms with E-state index in [0.717, 1.165) is 13.0 Å². The molecule has 0 atom stereocenters. The van der Waals surface area contributed by atoms with Crippen LogP contribution in [0.4, 0.5) is 10.9 Å². The van der Waals surface area contributed by atoms with E-state index in [1.807, 2.05) is 25.7 Å². The highest BCUT2D eigenvalue weighted by molar-refractivity contribution is 7.18. The zero-order chi connectivity index (χ0) is 14.9. The average molecular weight is 294 g/mol. The Bertz CT molecular complexity index is 542. The predicted octanol–water partition coefficient (Wildman–Crippen LogP) is 2.73. The predicted molar refractivity (Wildman–Crippen MR) is 84.2 cm³/mol. The molecule has 0 saturated carbocycles. The Balaban J connectivity index is 2.14. The van der Waals surface area contributed by atoms with Crippen LogP contribution >= 0.6 is 11.3 Å². The molecule has 5 nitrogen and oxygen atoms in total. The summed E-state index contributed by atoms with van der Waals surface area (Å²) in [5.41, 5.74) is 7.12. The number of nitrogen functional groups attached to an aromatic ring is 1. The van der Waals surface area contributed by atoms with Crippen LogP contribution < -0.4 is 11.1 Å². The third-order valence-electron chi connectivity index (χ3n) is 3.05. The second-order valence-electron chi connectivity index (χ2n) is 6.16. The molecule has 0 saturated heterocycles. The summed E-state index contributed by atoms with van der Waals surface area (Å²) >= 11 is 1.33. The first-order chi connectivity index (χ1) is 9.26. The highest BCUT2D eigenvalue weighted by Gasteiger charge is 2.24. The second kappa shape index (κ2) is 5.44. The number of nitrogens with two attached hydrogens (primary N) is 1. The van der Waals surface area contributed by atoms with Crippen molar-refractivity contribution in [1.29, 1.82) is 0 Å². The summed E-state index contributed by atoms with van der Waals surface area (Å²) in [6.45, 7) is 9.64. The number of hydrogen-bond acceptors (Lipinski definition) is 5. The Kier molecular flexibility index (Phi) is 4.04. The van der Waals surface area contributed by atoms with Gasteiger partial charge in [0.05, 0.1) is 0 Å². The standard InChI is InChI=1S/C14H22N4OS/c1-9-5-7-18(8-6-9)12(19)10-11(15)16-13(20-10)17-14(2,3)4/h5H,6-8,15H2,1-4H3,(H,16,17). The van der Waals surface area contributed by atoms with Crippen molar-refractivity contribution >= 4 is 28.2 Å². The van der Waals surface area contributed by atoms with Crippen LogP contribution in [-0.2, 0) is 0 Å². The van der Waals surface area contributed by atoms with E-state index < -0.39 is 0 Å². The topological polar surface area (TPSA) is 71.2 Å². The van der Waals surface area contributed by atoms with Crippen molar-refractivity contribution < 1.29 is 4.79 Å². The van der Waals surface area contributed by atoms with Gasteiger partial charge in [0.15, 0.2) is 5.13 Å². The molecule has 1 amide bonds. The Morgan fingerprint density at radius 2 is 2.20 bits per heavy atom. The maximum atomic E-state index is 12.5. The van der Waals surface area contributed by atoms with Gasteiger partial charge in [-0.25, -0.2) is 4.98 Å². The zero-order valence-electron chi connectivity index (χ0n) is 12.5. The van der Waals surface area contributed by atoms with Gasteiger partial charge in [-0.15, -0.1) is 0 Å². The van der Waals surface area contributed by atoms with Crippen molar-refractivity contribution in [2.24, 2.45) is 0 Å². The van der Waals surface area contributed by atoms with Gasteiger partial charge in [-0.1, -0.05) is 23.0 Å². The van der Waals surface area contributed by atoms with Crippen LogP contribution in [0.3, 0.4) is 0 Å². The van der Waals surface area contributed by atoms with Crippen molar-refractivity contribution in [1.82, 2.24) is 9.88 Å². The number of carbonyl (C=O) groups is 1. The lowest BCUT2D eigenvalue weighted by Crippen LogP contribution is -2.34. The fraction of sp³-hybridized carbons (Fsp3) is 0.571. The van der Waals surface area contributed by atoms with Gasteiger partial charge in [-0.3, -0.25) is 4.79 Å². The second-order valence-corrected chi connectivity index (χ2v) is 7.16. The quantitative estimate of drug-likeness (QED) is 0.823. The lowest BCUT2D eigenvalue weighted by molar-refractivity contribution is 0.0774. The van der Waals surface area contributed by atoms with Crippen LogP contribution in [0.5, 0.6) is 0 Å². The lowest BCUT2D eigenvalue weighted by Gasteiger charge is -2.24. The maximum Gasteiger partial charge on any atom is 0.268 e. The first kappa shape index (κ1) is 14.8.